The Hall–Kier alpha value is -1.03. The van der Waals surface area contributed by atoms with Crippen molar-refractivity contribution in [1.29, 1.82) is 0 Å². The topological polar surface area (TPSA) is 24.9 Å². The fraction of sp³-hybridized carbons (Fsp3) is 0.267. The van der Waals surface area contributed by atoms with Gasteiger partial charge in [0, 0.05) is 34.1 Å². The van der Waals surface area contributed by atoms with Gasteiger partial charge >= 0.3 is 0 Å². The second kappa shape index (κ2) is 7.53. The molecule has 1 atom stereocenters. The van der Waals surface area contributed by atoms with Gasteiger partial charge in [-0.1, -0.05) is 17.7 Å². The predicted molar refractivity (Wildman–Crippen MR) is 83.0 cm³/mol. The molecule has 4 heteroatoms. The molecule has 2 rings (SSSR count). The van der Waals surface area contributed by atoms with Gasteiger partial charge in [-0.15, -0.1) is 11.8 Å². The number of likely N-dealkylation sites (N-methyl/N-ethyl adjacent to an activating group) is 1. The molecule has 0 aliphatic rings. The van der Waals surface area contributed by atoms with E-state index < -0.39 is 0 Å². The molecule has 2 aromatic rings. The van der Waals surface area contributed by atoms with Gasteiger partial charge in [-0.3, -0.25) is 4.98 Å². The average molecular weight is 293 g/mol. The van der Waals surface area contributed by atoms with E-state index >= 15 is 0 Å². The van der Waals surface area contributed by atoms with Crippen molar-refractivity contribution in [2.45, 2.75) is 17.4 Å². The molecule has 1 N–H and O–H groups in total. The zero-order chi connectivity index (χ0) is 13.5. The monoisotopic (exact) mass is 292 g/mol. The second-order valence-corrected chi connectivity index (χ2v) is 5.85. The molecule has 0 saturated heterocycles. The maximum Gasteiger partial charge on any atom is 0.0406 e. The molecular formula is C15H17ClN2S. The van der Waals surface area contributed by atoms with Crippen molar-refractivity contribution in [3.05, 3.63) is 59.4 Å². The highest BCUT2D eigenvalue weighted by molar-refractivity contribution is 7.99. The summed E-state index contributed by atoms with van der Waals surface area (Å²) >= 11 is 7.72. The summed E-state index contributed by atoms with van der Waals surface area (Å²) in [5.74, 6) is 1.02. The summed E-state index contributed by atoms with van der Waals surface area (Å²) in [7, 11) is 2.00. The first-order chi connectivity index (χ1) is 9.28. The van der Waals surface area contributed by atoms with E-state index in [4.69, 9.17) is 11.6 Å². The first-order valence-corrected chi connectivity index (χ1v) is 7.59. The summed E-state index contributed by atoms with van der Waals surface area (Å²) < 4.78 is 0. The summed E-state index contributed by atoms with van der Waals surface area (Å²) in [5, 5.41) is 4.14. The van der Waals surface area contributed by atoms with Crippen LogP contribution in [-0.4, -0.2) is 23.8 Å². The second-order valence-electron chi connectivity index (χ2n) is 4.32. The average Bonchev–Trinajstić information content (AvgIpc) is 2.46. The van der Waals surface area contributed by atoms with E-state index in [1.54, 1.807) is 6.20 Å². The number of hydrogen-bond acceptors (Lipinski definition) is 3. The van der Waals surface area contributed by atoms with Gasteiger partial charge in [0.2, 0.25) is 0 Å². The molecule has 0 saturated carbocycles. The molecule has 0 spiro atoms. The predicted octanol–water partition coefficient (Wildman–Crippen LogP) is 3.66. The number of aromatic nitrogens is 1. The van der Waals surface area contributed by atoms with Crippen molar-refractivity contribution in [3.8, 4) is 0 Å². The lowest BCUT2D eigenvalue weighted by atomic mass is 10.1. The Labute approximate surface area is 123 Å². The molecule has 0 amide bonds. The number of thioether (sulfide) groups is 1. The molecule has 0 radical (unpaired) electrons. The van der Waals surface area contributed by atoms with Crippen molar-refractivity contribution < 1.29 is 0 Å². The van der Waals surface area contributed by atoms with Crippen LogP contribution in [0.1, 0.15) is 5.56 Å². The fourth-order valence-corrected chi connectivity index (χ4v) is 2.91. The van der Waals surface area contributed by atoms with Gasteiger partial charge in [0.15, 0.2) is 0 Å². The number of benzene rings is 1. The quantitative estimate of drug-likeness (QED) is 0.823. The van der Waals surface area contributed by atoms with Crippen LogP contribution in [0.3, 0.4) is 0 Å². The van der Waals surface area contributed by atoms with E-state index in [9.17, 15) is 0 Å². The lowest BCUT2D eigenvalue weighted by Crippen LogP contribution is -2.30. The lowest BCUT2D eigenvalue weighted by molar-refractivity contribution is 0.616. The van der Waals surface area contributed by atoms with Crippen LogP contribution in [0.2, 0.25) is 5.02 Å². The minimum atomic E-state index is 0.435. The van der Waals surface area contributed by atoms with Gasteiger partial charge in [0.1, 0.15) is 0 Å². The molecule has 0 aliphatic heterocycles. The molecule has 0 fully saturated rings. The minimum Gasteiger partial charge on any atom is -0.316 e. The Balaban J connectivity index is 1.87. The highest BCUT2D eigenvalue weighted by atomic mass is 35.5. The van der Waals surface area contributed by atoms with Gasteiger partial charge < -0.3 is 5.32 Å². The highest BCUT2D eigenvalue weighted by Gasteiger charge is 2.08. The molecule has 2 nitrogen and oxygen atoms in total. The number of nitrogens with one attached hydrogen (secondary N) is 1. The van der Waals surface area contributed by atoms with Crippen molar-refractivity contribution in [1.82, 2.24) is 10.3 Å². The van der Waals surface area contributed by atoms with Crippen LogP contribution in [0.15, 0.2) is 53.7 Å². The Morgan fingerprint density at radius 1 is 1.26 bits per heavy atom. The Morgan fingerprint density at radius 3 is 2.68 bits per heavy atom. The SMILES string of the molecule is CNC(CSc1ccc(Cl)cc1)Cc1cccnc1. The Kier molecular flexibility index (Phi) is 5.70. The number of rotatable bonds is 6. The summed E-state index contributed by atoms with van der Waals surface area (Å²) in [6, 6.07) is 12.5. The first-order valence-electron chi connectivity index (χ1n) is 6.22. The molecule has 19 heavy (non-hydrogen) atoms. The summed E-state index contributed by atoms with van der Waals surface area (Å²) in [5.41, 5.74) is 1.26. The maximum absolute atomic E-state index is 5.88. The standard InChI is InChI=1S/C15H17ClN2S/c1-17-14(9-12-3-2-8-18-10-12)11-19-15-6-4-13(16)5-7-15/h2-8,10,14,17H,9,11H2,1H3. The zero-order valence-electron chi connectivity index (χ0n) is 10.8. The van der Waals surface area contributed by atoms with E-state index in [0.717, 1.165) is 17.2 Å². The van der Waals surface area contributed by atoms with Crippen LogP contribution in [0.25, 0.3) is 0 Å². The number of hydrogen-bond donors (Lipinski definition) is 1. The van der Waals surface area contributed by atoms with Crippen LogP contribution < -0.4 is 5.32 Å². The van der Waals surface area contributed by atoms with Gasteiger partial charge in [-0.05, 0) is 49.4 Å². The smallest absolute Gasteiger partial charge is 0.0406 e. The number of pyridine rings is 1. The van der Waals surface area contributed by atoms with Gasteiger partial charge in [-0.25, -0.2) is 0 Å². The third-order valence-electron chi connectivity index (χ3n) is 2.88. The Bertz CT molecular complexity index is 487. The molecule has 1 heterocycles. The van der Waals surface area contributed by atoms with Gasteiger partial charge in [0.25, 0.3) is 0 Å². The summed E-state index contributed by atoms with van der Waals surface area (Å²) in [4.78, 5) is 5.40. The molecule has 100 valence electrons. The molecular weight excluding hydrogens is 276 g/mol. The fourth-order valence-electron chi connectivity index (χ4n) is 1.78. The van der Waals surface area contributed by atoms with E-state index in [1.807, 2.05) is 43.2 Å². The third-order valence-corrected chi connectivity index (χ3v) is 4.30. The highest BCUT2D eigenvalue weighted by Crippen LogP contribution is 2.21. The number of nitrogens with zero attached hydrogens (tertiary/aromatic N) is 1. The van der Waals surface area contributed by atoms with Crippen LogP contribution in [0.4, 0.5) is 0 Å². The van der Waals surface area contributed by atoms with Crippen molar-refractivity contribution >= 4 is 23.4 Å². The van der Waals surface area contributed by atoms with Crippen molar-refractivity contribution in [3.63, 3.8) is 0 Å². The summed E-state index contributed by atoms with van der Waals surface area (Å²) in [6.45, 7) is 0. The van der Waals surface area contributed by atoms with E-state index in [-0.39, 0.29) is 0 Å². The van der Waals surface area contributed by atoms with Crippen LogP contribution in [-0.2, 0) is 6.42 Å². The first kappa shape index (κ1) is 14.4. The zero-order valence-corrected chi connectivity index (χ0v) is 12.4. The maximum atomic E-state index is 5.88. The third kappa shape index (κ3) is 4.86. The normalized spacial score (nSPS) is 12.3. The lowest BCUT2D eigenvalue weighted by Gasteiger charge is -2.15. The Morgan fingerprint density at radius 2 is 2.05 bits per heavy atom. The van der Waals surface area contributed by atoms with Crippen LogP contribution >= 0.6 is 23.4 Å². The molecule has 0 aliphatic carbocycles. The molecule has 1 aromatic carbocycles. The van der Waals surface area contributed by atoms with E-state index in [1.165, 1.54) is 10.5 Å². The van der Waals surface area contributed by atoms with Crippen LogP contribution in [0.5, 0.6) is 0 Å². The van der Waals surface area contributed by atoms with E-state index in [0.29, 0.717) is 6.04 Å². The largest absolute Gasteiger partial charge is 0.316 e. The van der Waals surface area contributed by atoms with Gasteiger partial charge in [-0.2, -0.15) is 0 Å². The van der Waals surface area contributed by atoms with Gasteiger partial charge in [0.05, 0.1) is 0 Å². The van der Waals surface area contributed by atoms with Crippen LogP contribution in [0, 0.1) is 0 Å². The van der Waals surface area contributed by atoms with E-state index in [2.05, 4.69) is 28.5 Å². The molecule has 0 bridgehead atoms. The van der Waals surface area contributed by atoms with Crippen molar-refractivity contribution in [2.24, 2.45) is 0 Å². The summed E-state index contributed by atoms with van der Waals surface area (Å²) in [6.07, 6.45) is 4.72. The molecule has 1 aromatic heterocycles. The number of halogens is 1. The van der Waals surface area contributed by atoms with Crippen molar-refractivity contribution in [2.75, 3.05) is 12.8 Å². The minimum absolute atomic E-state index is 0.435. The molecule has 1 unspecified atom stereocenters.